The highest BCUT2D eigenvalue weighted by molar-refractivity contribution is 9.11. The van der Waals surface area contributed by atoms with Crippen LogP contribution < -0.4 is 5.32 Å². The maximum atomic E-state index is 5.67. The monoisotopic (exact) mass is 317 g/mol. The first kappa shape index (κ1) is 13.5. The van der Waals surface area contributed by atoms with Crippen LogP contribution in [-0.4, -0.2) is 25.8 Å². The van der Waals surface area contributed by atoms with Gasteiger partial charge >= 0.3 is 0 Å². The Morgan fingerprint density at radius 3 is 3.06 bits per heavy atom. The lowest BCUT2D eigenvalue weighted by Crippen LogP contribution is -2.28. The Hall–Kier alpha value is 0.1000. The van der Waals surface area contributed by atoms with Gasteiger partial charge in [0.25, 0.3) is 0 Å². The van der Waals surface area contributed by atoms with E-state index in [1.54, 1.807) is 0 Å². The summed E-state index contributed by atoms with van der Waals surface area (Å²) in [4.78, 5) is 1.45. The number of likely N-dealkylation sites (N-methyl/N-ethyl adjacent to an activating group) is 1. The van der Waals surface area contributed by atoms with Gasteiger partial charge in [-0.3, -0.25) is 0 Å². The van der Waals surface area contributed by atoms with Crippen molar-refractivity contribution in [1.82, 2.24) is 5.32 Å². The number of rotatable bonds is 6. The van der Waals surface area contributed by atoms with Crippen molar-refractivity contribution in [1.29, 1.82) is 0 Å². The van der Waals surface area contributed by atoms with Crippen molar-refractivity contribution in [3.63, 3.8) is 0 Å². The van der Waals surface area contributed by atoms with Crippen molar-refractivity contribution >= 4 is 27.3 Å². The van der Waals surface area contributed by atoms with Crippen molar-refractivity contribution < 1.29 is 4.74 Å². The first-order chi connectivity index (χ1) is 8.28. The smallest absolute Gasteiger partial charge is 0.0701 e. The molecule has 1 saturated heterocycles. The molecule has 0 amide bonds. The standard InChI is InChI=1S/C13H20BrNOS/c1-15-10(4-5-11-3-2-8-16-11)9-12-6-7-13(14)17-12/h6-7,10-11,15H,2-5,8-9H2,1H3. The molecule has 0 radical (unpaired) electrons. The fourth-order valence-corrected chi connectivity index (χ4v) is 3.87. The Labute approximate surface area is 116 Å². The Morgan fingerprint density at radius 1 is 1.59 bits per heavy atom. The number of thiophene rings is 1. The summed E-state index contributed by atoms with van der Waals surface area (Å²) in [5.41, 5.74) is 0. The number of nitrogens with one attached hydrogen (secondary N) is 1. The first-order valence-electron chi connectivity index (χ1n) is 6.31. The molecule has 1 aliphatic heterocycles. The molecule has 0 saturated carbocycles. The summed E-state index contributed by atoms with van der Waals surface area (Å²) >= 11 is 5.35. The third-order valence-corrected chi connectivity index (χ3v) is 4.99. The Balaban J connectivity index is 1.75. The zero-order valence-electron chi connectivity index (χ0n) is 10.2. The maximum absolute atomic E-state index is 5.67. The van der Waals surface area contributed by atoms with Gasteiger partial charge in [-0.25, -0.2) is 0 Å². The minimum atomic E-state index is 0.515. The van der Waals surface area contributed by atoms with Crippen LogP contribution in [0.4, 0.5) is 0 Å². The fourth-order valence-electron chi connectivity index (χ4n) is 2.31. The van der Waals surface area contributed by atoms with E-state index in [2.05, 4.69) is 40.4 Å². The molecular weight excluding hydrogens is 298 g/mol. The second kappa shape index (κ2) is 6.88. The zero-order chi connectivity index (χ0) is 12.1. The molecule has 0 bridgehead atoms. The average Bonchev–Trinajstić information content (AvgIpc) is 2.96. The van der Waals surface area contributed by atoms with Gasteiger partial charge in [-0.15, -0.1) is 11.3 Å². The molecule has 1 aliphatic rings. The van der Waals surface area contributed by atoms with Gasteiger partial charge in [0.1, 0.15) is 0 Å². The molecular formula is C13H20BrNOS. The van der Waals surface area contributed by atoms with Crippen LogP contribution in [0, 0.1) is 0 Å². The molecule has 2 atom stereocenters. The summed E-state index contributed by atoms with van der Waals surface area (Å²) in [5.74, 6) is 0. The summed E-state index contributed by atoms with van der Waals surface area (Å²) in [6.45, 7) is 0.965. The molecule has 0 aromatic carbocycles. The van der Waals surface area contributed by atoms with Crippen LogP contribution in [0.25, 0.3) is 0 Å². The Bertz CT molecular complexity index is 336. The average molecular weight is 318 g/mol. The van der Waals surface area contributed by atoms with Crippen LogP contribution in [0.5, 0.6) is 0 Å². The van der Waals surface area contributed by atoms with Gasteiger partial charge in [-0.1, -0.05) is 0 Å². The van der Waals surface area contributed by atoms with E-state index in [9.17, 15) is 0 Å². The van der Waals surface area contributed by atoms with Gasteiger partial charge in [0, 0.05) is 17.5 Å². The van der Waals surface area contributed by atoms with E-state index in [0.717, 1.165) is 13.0 Å². The van der Waals surface area contributed by atoms with Crippen LogP contribution in [-0.2, 0) is 11.2 Å². The van der Waals surface area contributed by atoms with Crippen molar-refractivity contribution in [3.8, 4) is 0 Å². The highest BCUT2D eigenvalue weighted by Gasteiger charge is 2.17. The molecule has 0 spiro atoms. The van der Waals surface area contributed by atoms with Crippen molar-refractivity contribution in [2.45, 2.75) is 44.2 Å². The number of hydrogen-bond acceptors (Lipinski definition) is 3. The molecule has 1 N–H and O–H groups in total. The Kier molecular flexibility index (Phi) is 5.48. The molecule has 0 aliphatic carbocycles. The minimum Gasteiger partial charge on any atom is -0.378 e. The van der Waals surface area contributed by atoms with Gasteiger partial charge in [0.2, 0.25) is 0 Å². The summed E-state index contributed by atoms with van der Waals surface area (Å²) in [5, 5.41) is 3.42. The number of hydrogen-bond donors (Lipinski definition) is 1. The van der Waals surface area contributed by atoms with E-state index < -0.39 is 0 Å². The first-order valence-corrected chi connectivity index (χ1v) is 7.92. The van der Waals surface area contributed by atoms with E-state index in [1.807, 2.05) is 11.3 Å². The van der Waals surface area contributed by atoms with Gasteiger partial charge in [-0.2, -0.15) is 0 Å². The van der Waals surface area contributed by atoms with E-state index in [4.69, 9.17) is 4.74 Å². The quantitative estimate of drug-likeness (QED) is 0.865. The normalized spacial score (nSPS) is 21.9. The molecule has 1 aromatic heterocycles. The molecule has 2 unspecified atom stereocenters. The maximum Gasteiger partial charge on any atom is 0.0701 e. The largest absolute Gasteiger partial charge is 0.378 e. The lowest BCUT2D eigenvalue weighted by molar-refractivity contribution is 0.0998. The second-order valence-corrected chi connectivity index (χ2v) is 7.16. The van der Waals surface area contributed by atoms with Crippen LogP contribution in [0.2, 0.25) is 0 Å². The highest BCUT2D eigenvalue weighted by Crippen LogP contribution is 2.24. The predicted molar refractivity (Wildman–Crippen MR) is 76.8 cm³/mol. The van der Waals surface area contributed by atoms with E-state index in [0.29, 0.717) is 12.1 Å². The van der Waals surface area contributed by atoms with Gasteiger partial charge in [0.15, 0.2) is 0 Å². The SMILES string of the molecule is CNC(CCC1CCCO1)Cc1ccc(Br)s1. The molecule has 17 heavy (non-hydrogen) atoms. The molecule has 4 heteroatoms. The summed E-state index contributed by atoms with van der Waals surface area (Å²) in [6, 6.07) is 4.92. The fraction of sp³-hybridized carbons (Fsp3) is 0.692. The highest BCUT2D eigenvalue weighted by atomic mass is 79.9. The van der Waals surface area contributed by atoms with Crippen molar-refractivity contribution in [2.75, 3.05) is 13.7 Å². The van der Waals surface area contributed by atoms with Crippen LogP contribution >= 0.6 is 27.3 Å². The molecule has 2 nitrogen and oxygen atoms in total. The topological polar surface area (TPSA) is 21.3 Å². The van der Waals surface area contributed by atoms with Crippen molar-refractivity contribution in [2.24, 2.45) is 0 Å². The molecule has 2 rings (SSSR count). The van der Waals surface area contributed by atoms with E-state index >= 15 is 0 Å². The minimum absolute atomic E-state index is 0.515. The zero-order valence-corrected chi connectivity index (χ0v) is 12.6. The van der Waals surface area contributed by atoms with Crippen LogP contribution in [0.15, 0.2) is 15.9 Å². The van der Waals surface area contributed by atoms with Gasteiger partial charge in [0.05, 0.1) is 9.89 Å². The Morgan fingerprint density at radius 2 is 2.47 bits per heavy atom. The van der Waals surface area contributed by atoms with Gasteiger partial charge < -0.3 is 10.1 Å². The van der Waals surface area contributed by atoms with Crippen LogP contribution in [0.3, 0.4) is 0 Å². The van der Waals surface area contributed by atoms with Crippen molar-refractivity contribution in [3.05, 3.63) is 20.8 Å². The molecule has 2 heterocycles. The summed E-state index contributed by atoms with van der Waals surface area (Å²) in [6.07, 6.45) is 6.53. The number of halogens is 1. The summed E-state index contributed by atoms with van der Waals surface area (Å²) < 4.78 is 6.89. The lowest BCUT2D eigenvalue weighted by Gasteiger charge is -2.17. The summed E-state index contributed by atoms with van der Waals surface area (Å²) in [7, 11) is 2.06. The lowest BCUT2D eigenvalue weighted by atomic mass is 10.0. The third-order valence-electron chi connectivity index (χ3n) is 3.35. The van der Waals surface area contributed by atoms with Crippen LogP contribution in [0.1, 0.15) is 30.6 Å². The predicted octanol–water partition coefficient (Wildman–Crippen LogP) is 3.60. The second-order valence-electron chi connectivity index (χ2n) is 4.61. The molecule has 1 fully saturated rings. The molecule has 96 valence electrons. The van der Waals surface area contributed by atoms with Gasteiger partial charge in [-0.05, 0) is 67.2 Å². The van der Waals surface area contributed by atoms with E-state index in [1.165, 1.54) is 34.3 Å². The molecule has 1 aromatic rings. The van der Waals surface area contributed by atoms with E-state index in [-0.39, 0.29) is 0 Å². The number of ether oxygens (including phenoxy) is 1. The third kappa shape index (κ3) is 4.36.